The lowest BCUT2D eigenvalue weighted by Crippen LogP contribution is -1.98. The van der Waals surface area contributed by atoms with Gasteiger partial charge in [0.05, 0.1) is 0 Å². The van der Waals surface area contributed by atoms with Gasteiger partial charge in [-0.3, -0.25) is 0 Å². The van der Waals surface area contributed by atoms with Crippen LogP contribution in [0.4, 0.5) is 4.39 Å². The van der Waals surface area contributed by atoms with Crippen LogP contribution in [0.25, 0.3) is 42.4 Å². The lowest BCUT2D eigenvalue weighted by Gasteiger charge is -2.25. The van der Waals surface area contributed by atoms with E-state index in [1.165, 1.54) is 54.1 Å². The fraction of sp³-hybridized carbons (Fsp3) is 0.0833. The molecule has 0 nitrogen and oxygen atoms in total. The number of hydrogen-bond donors (Lipinski definition) is 0. The summed E-state index contributed by atoms with van der Waals surface area (Å²) in [4.78, 5) is 1.43. The topological polar surface area (TPSA) is 0 Å². The second kappa shape index (κ2) is 5.75. The maximum Gasteiger partial charge on any atom is 0.177 e. The van der Waals surface area contributed by atoms with Crippen LogP contribution in [0.3, 0.4) is 0 Å². The summed E-state index contributed by atoms with van der Waals surface area (Å²) in [5, 5.41) is 2.23. The van der Waals surface area contributed by atoms with E-state index in [1.807, 2.05) is 11.3 Å². The summed E-state index contributed by atoms with van der Waals surface area (Å²) in [6.07, 6.45) is 2.14. The van der Waals surface area contributed by atoms with E-state index in [0.717, 1.165) is 22.9 Å². The largest absolute Gasteiger partial charge is 0.195 e. The molecule has 1 aliphatic rings. The molecule has 0 N–H and O–H groups in total. The van der Waals surface area contributed by atoms with E-state index in [4.69, 9.17) is 0 Å². The van der Waals surface area contributed by atoms with Gasteiger partial charge in [0.15, 0.2) is 5.13 Å². The van der Waals surface area contributed by atoms with Crippen LogP contribution < -0.4 is 0 Å². The highest BCUT2D eigenvalue weighted by Gasteiger charge is 2.28. The van der Waals surface area contributed by atoms with E-state index < -0.39 is 0 Å². The molecule has 0 aliphatic heterocycles. The molecule has 3 aromatic carbocycles. The van der Waals surface area contributed by atoms with Crippen molar-refractivity contribution in [2.45, 2.75) is 12.8 Å². The molecule has 5 aromatic rings. The summed E-state index contributed by atoms with van der Waals surface area (Å²) in [5.74, 6) is 0. The summed E-state index contributed by atoms with van der Waals surface area (Å²) in [6.45, 7) is 0. The molecule has 0 atom stereocenters. The van der Waals surface area contributed by atoms with Crippen molar-refractivity contribution in [3.63, 3.8) is 0 Å². The van der Waals surface area contributed by atoms with Gasteiger partial charge >= 0.3 is 0 Å². The average molecular weight is 387 g/mol. The molecule has 0 spiro atoms. The van der Waals surface area contributed by atoms with Crippen molar-refractivity contribution in [1.82, 2.24) is 0 Å². The molecule has 0 bridgehead atoms. The zero-order chi connectivity index (χ0) is 18.0. The van der Waals surface area contributed by atoms with Crippen molar-refractivity contribution in [2.24, 2.45) is 0 Å². The Kier molecular flexibility index (Phi) is 3.31. The second-order valence-corrected chi connectivity index (χ2v) is 9.20. The minimum atomic E-state index is -0.104. The summed E-state index contributed by atoms with van der Waals surface area (Å²) >= 11 is 3.17. The van der Waals surface area contributed by atoms with Crippen LogP contribution in [-0.2, 0) is 12.8 Å². The number of thiophene rings is 2. The fourth-order valence-electron chi connectivity index (χ4n) is 4.15. The Morgan fingerprint density at radius 2 is 1.33 bits per heavy atom. The van der Waals surface area contributed by atoms with Crippen molar-refractivity contribution >= 4 is 42.8 Å². The number of hydrogen-bond acceptors (Lipinski definition) is 2. The number of benzene rings is 3. The average Bonchev–Trinajstić information content (AvgIpc) is 3.24. The van der Waals surface area contributed by atoms with Crippen molar-refractivity contribution in [2.75, 3.05) is 0 Å². The highest BCUT2D eigenvalue weighted by Crippen LogP contribution is 2.56. The zero-order valence-corrected chi connectivity index (χ0v) is 16.1. The monoisotopic (exact) mass is 386 g/mol. The minimum Gasteiger partial charge on any atom is -0.195 e. The Balaban J connectivity index is 1.41. The highest BCUT2D eigenvalue weighted by atomic mass is 32.1. The van der Waals surface area contributed by atoms with E-state index in [1.54, 1.807) is 6.07 Å². The third-order valence-corrected chi connectivity index (χ3v) is 7.62. The summed E-state index contributed by atoms with van der Waals surface area (Å²) in [6, 6.07) is 23.3. The first kappa shape index (κ1) is 15.6. The van der Waals surface area contributed by atoms with Gasteiger partial charge in [-0.05, 0) is 52.4 Å². The second-order valence-electron chi connectivity index (χ2n) is 7.06. The molecule has 0 fully saturated rings. The molecule has 0 amide bonds. The van der Waals surface area contributed by atoms with Crippen molar-refractivity contribution in [1.29, 1.82) is 0 Å². The lowest BCUT2D eigenvalue weighted by atomic mass is 9.79. The van der Waals surface area contributed by atoms with Gasteiger partial charge < -0.3 is 0 Å². The number of fused-ring (bicyclic) bond motifs is 8. The molecular formula is C24H15FS2. The SMILES string of the molecule is Fc1cc2ccc3c(c2s1)-c1ccc2cc(CCc4ccccc4)sc2c1-3. The maximum atomic E-state index is 13.7. The van der Waals surface area contributed by atoms with Gasteiger partial charge in [-0.15, -0.1) is 22.7 Å². The number of halogens is 1. The molecule has 6 rings (SSSR count). The van der Waals surface area contributed by atoms with Crippen LogP contribution in [-0.4, -0.2) is 0 Å². The molecule has 0 saturated heterocycles. The molecule has 3 heteroatoms. The van der Waals surface area contributed by atoms with Gasteiger partial charge in [-0.1, -0.05) is 54.6 Å². The Morgan fingerprint density at radius 1 is 0.667 bits per heavy atom. The van der Waals surface area contributed by atoms with Crippen LogP contribution >= 0.6 is 22.7 Å². The van der Waals surface area contributed by atoms with E-state index in [9.17, 15) is 4.39 Å². The summed E-state index contributed by atoms with van der Waals surface area (Å²) in [5.41, 5.74) is 6.53. The molecular weight excluding hydrogens is 371 g/mol. The van der Waals surface area contributed by atoms with E-state index in [0.29, 0.717) is 0 Å². The number of aryl methyl sites for hydroxylation is 2. The molecule has 0 saturated carbocycles. The lowest BCUT2D eigenvalue weighted by molar-refractivity contribution is 0.658. The zero-order valence-electron chi connectivity index (χ0n) is 14.5. The van der Waals surface area contributed by atoms with Gasteiger partial charge in [0.2, 0.25) is 0 Å². The third kappa shape index (κ3) is 2.32. The molecule has 2 aromatic heterocycles. The van der Waals surface area contributed by atoms with E-state index in [2.05, 4.69) is 60.7 Å². The molecule has 1 aliphatic carbocycles. The Hall–Kier alpha value is -2.49. The van der Waals surface area contributed by atoms with Gasteiger partial charge in [0, 0.05) is 25.4 Å². The predicted molar refractivity (Wildman–Crippen MR) is 115 cm³/mol. The highest BCUT2D eigenvalue weighted by molar-refractivity contribution is 7.20. The van der Waals surface area contributed by atoms with Gasteiger partial charge in [0.1, 0.15) is 0 Å². The molecule has 0 radical (unpaired) electrons. The fourth-order valence-corrected chi connectivity index (χ4v) is 6.32. The third-order valence-electron chi connectivity index (χ3n) is 5.44. The maximum absolute atomic E-state index is 13.7. The van der Waals surface area contributed by atoms with Crippen molar-refractivity contribution < 1.29 is 4.39 Å². The van der Waals surface area contributed by atoms with Gasteiger partial charge in [-0.2, -0.15) is 4.39 Å². The van der Waals surface area contributed by atoms with Crippen molar-refractivity contribution in [3.05, 3.63) is 82.3 Å². The molecule has 130 valence electrons. The van der Waals surface area contributed by atoms with Gasteiger partial charge in [-0.25, -0.2) is 0 Å². The van der Waals surface area contributed by atoms with E-state index in [-0.39, 0.29) is 5.13 Å². The molecule has 27 heavy (non-hydrogen) atoms. The summed E-state index contributed by atoms with van der Waals surface area (Å²) in [7, 11) is 0. The molecule has 2 heterocycles. The van der Waals surface area contributed by atoms with Crippen LogP contribution in [0, 0.1) is 5.13 Å². The summed E-state index contributed by atoms with van der Waals surface area (Å²) < 4.78 is 16.2. The molecule has 0 unspecified atom stereocenters. The standard InChI is InChI=1S/C24H15FS2/c25-20-13-16-8-11-19-21-18(22(19)24(16)27-20)10-7-15-12-17(26-23(15)21)9-6-14-4-2-1-3-5-14/h1-5,7-8,10-13H,6,9H2. The van der Waals surface area contributed by atoms with Gasteiger partial charge in [0.25, 0.3) is 0 Å². The van der Waals surface area contributed by atoms with Crippen LogP contribution in [0.1, 0.15) is 10.4 Å². The normalized spacial score (nSPS) is 12.2. The smallest absolute Gasteiger partial charge is 0.177 e. The first-order chi connectivity index (χ1) is 13.3. The predicted octanol–water partition coefficient (Wildman–Crippen LogP) is 7.69. The first-order valence-electron chi connectivity index (χ1n) is 9.10. The van der Waals surface area contributed by atoms with E-state index >= 15 is 0 Å². The number of rotatable bonds is 3. The minimum absolute atomic E-state index is 0.104. The Morgan fingerprint density at radius 3 is 2.07 bits per heavy atom. The first-order valence-corrected chi connectivity index (χ1v) is 10.7. The van der Waals surface area contributed by atoms with Crippen molar-refractivity contribution in [3.8, 4) is 22.3 Å². The van der Waals surface area contributed by atoms with Crippen LogP contribution in [0.15, 0.2) is 66.7 Å². The Labute approximate surface area is 164 Å². The Bertz CT molecular complexity index is 1330. The van der Waals surface area contributed by atoms with Crippen LogP contribution in [0.5, 0.6) is 0 Å². The quantitative estimate of drug-likeness (QED) is 0.292. The van der Waals surface area contributed by atoms with Crippen LogP contribution in [0.2, 0.25) is 0 Å².